The molecule has 2 heterocycles. The van der Waals surface area contributed by atoms with Crippen LogP contribution in [-0.2, 0) is 7.05 Å². The molecule has 0 saturated heterocycles. The number of benzene rings is 1. The van der Waals surface area contributed by atoms with Crippen molar-refractivity contribution in [1.29, 1.82) is 0 Å². The molecule has 1 aromatic carbocycles. The van der Waals surface area contributed by atoms with Crippen LogP contribution in [0.5, 0.6) is 0 Å². The van der Waals surface area contributed by atoms with Gasteiger partial charge >= 0.3 is 0 Å². The number of fused-ring (bicyclic) bond motifs is 1. The molecule has 5 nitrogen and oxygen atoms in total. The maximum atomic E-state index is 13.5. The van der Waals surface area contributed by atoms with Gasteiger partial charge in [0, 0.05) is 13.1 Å². The largest absolute Gasteiger partial charge is 0.302 e. The molecule has 0 unspecified atom stereocenters. The van der Waals surface area contributed by atoms with Gasteiger partial charge in [-0.15, -0.1) is 0 Å². The van der Waals surface area contributed by atoms with Gasteiger partial charge in [0.1, 0.15) is 17.0 Å². The predicted molar refractivity (Wildman–Crippen MR) is 71.4 cm³/mol. The number of nitrogens with zero attached hydrogens (tertiary/aromatic N) is 4. The zero-order chi connectivity index (χ0) is 15.0. The molecule has 104 valence electrons. The van der Waals surface area contributed by atoms with E-state index in [1.165, 1.54) is 23.2 Å². The summed E-state index contributed by atoms with van der Waals surface area (Å²) in [6.45, 7) is 0. The van der Waals surface area contributed by atoms with Gasteiger partial charge in [-0.2, -0.15) is 9.78 Å². The topological polar surface area (TPSA) is 52.7 Å². The molecule has 3 rings (SSSR count). The Kier molecular flexibility index (Phi) is 2.99. The number of hydrogen-bond acceptors (Lipinski definition) is 3. The Labute approximate surface area is 117 Å². The Morgan fingerprint density at radius 2 is 1.95 bits per heavy atom. The van der Waals surface area contributed by atoms with Crippen LogP contribution >= 0.6 is 0 Å². The van der Waals surface area contributed by atoms with Crippen LogP contribution in [0.2, 0.25) is 0 Å². The predicted octanol–water partition coefficient (Wildman–Crippen LogP) is 1.27. The van der Waals surface area contributed by atoms with Gasteiger partial charge in [0.05, 0.1) is 18.1 Å². The molecule has 0 bridgehead atoms. The highest BCUT2D eigenvalue weighted by molar-refractivity contribution is 5.73. The van der Waals surface area contributed by atoms with Gasteiger partial charge in [-0.25, -0.2) is 13.8 Å². The molecule has 3 aromatic rings. The van der Waals surface area contributed by atoms with Crippen molar-refractivity contribution in [1.82, 2.24) is 19.3 Å². The first kappa shape index (κ1) is 13.0. The molecule has 0 saturated carbocycles. The van der Waals surface area contributed by atoms with Crippen molar-refractivity contribution in [2.24, 2.45) is 7.05 Å². The van der Waals surface area contributed by atoms with Crippen molar-refractivity contribution in [3.05, 3.63) is 58.3 Å². The molecule has 0 aliphatic rings. The van der Waals surface area contributed by atoms with Crippen LogP contribution in [0.25, 0.3) is 11.0 Å². The number of halogens is 2. The summed E-state index contributed by atoms with van der Waals surface area (Å²) in [6, 6.07) is 5.96. The number of aryl methyl sites for hydroxylation is 1. The van der Waals surface area contributed by atoms with E-state index >= 15 is 0 Å². The summed E-state index contributed by atoms with van der Waals surface area (Å²) in [5.74, 6) is 0.839. The Bertz CT molecular complexity index is 942. The van der Waals surface area contributed by atoms with E-state index in [1.807, 2.05) is 0 Å². The fourth-order valence-electron chi connectivity index (χ4n) is 1.81. The monoisotopic (exact) mass is 286 g/mol. The van der Waals surface area contributed by atoms with Crippen molar-refractivity contribution < 1.29 is 8.78 Å². The minimum absolute atomic E-state index is 0.238. The molecule has 0 amide bonds. The third kappa shape index (κ3) is 2.17. The average Bonchev–Trinajstić information content (AvgIpc) is 2.86. The highest BCUT2D eigenvalue weighted by atomic mass is 19.1. The summed E-state index contributed by atoms with van der Waals surface area (Å²) in [5.41, 5.74) is -0.391. The van der Waals surface area contributed by atoms with Crippen molar-refractivity contribution >= 4 is 11.0 Å². The molecule has 0 aliphatic heterocycles. The standard InChI is InChI=1S/C14H8F2N4O/c1-19-8-17-13-10(14(19)21)7-18-20(13)6-5-9-11(15)3-2-4-12(9)16/h2-4,7-8H,1H3. The van der Waals surface area contributed by atoms with E-state index in [0.29, 0.717) is 0 Å². The van der Waals surface area contributed by atoms with Gasteiger partial charge in [0.25, 0.3) is 5.56 Å². The maximum Gasteiger partial charge on any atom is 0.264 e. The molecule has 0 radical (unpaired) electrons. The van der Waals surface area contributed by atoms with Gasteiger partial charge in [-0.05, 0) is 18.1 Å². The molecule has 0 fully saturated rings. The minimum atomic E-state index is -0.761. The van der Waals surface area contributed by atoms with Gasteiger partial charge < -0.3 is 4.57 Å². The minimum Gasteiger partial charge on any atom is -0.302 e. The lowest BCUT2D eigenvalue weighted by Crippen LogP contribution is -2.16. The molecule has 7 heteroatoms. The SMILES string of the molecule is Cn1cnc2c(cnn2C#Cc2c(F)cccc2F)c1=O. The smallest absolute Gasteiger partial charge is 0.264 e. The van der Waals surface area contributed by atoms with Crippen molar-refractivity contribution in [2.45, 2.75) is 0 Å². The lowest BCUT2D eigenvalue weighted by molar-refractivity contribution is 0.577. The summed E-state index contributed by atoms with van der Waals surface area (Å²) in [5, 5.41) is 4.17. The van der Waals surface area contributed by atoms with E-state index in [4.69, 9.17) is 0 Å². The first-order valence-corrected chi connectivity index (χ1v) is 5.93. The zero-order valence-electron chi connectivity index (χ0n) is 10.8. The third-order valence-electron chi connectivity index (χ3n) is 2.90. The van der Waals surface area contributed by atoms with Crippen LogP contribution in [0.3, 0.4) is 0 Å². The lowest BCUT2D eigenvalue weighted by Gasteiger charge is -1.96. The van der Waals surface area contributed by atoms with Crippen LogP contribution in [0.4, 0.5) is 8.78 Å². The Hall–Kier alpha value is -3.01. The number of aromatic nitrogens is 4. The highest BCUT2D eigenvalue weighted by Crippen LogP contribution is 2.10. The lowest BCUT2D eigenvalue weighted by atomic mass is 10.2. The summed E-state index contributed by atoms with van der Waals surface area (Å²) in [4.78, 5) is 15.9. The van der Waals surface area contributed by atoms with E-state index < -0.39 is 11.6 Å². The second-order valence-electron chi connectivity index (χ2n) is 4.29. The van der Waals surface area contributed by atoms with E-state index in [9.17, 15) is 13.6 Å². The summed E-state index contributed by atoms with van der Waals surface area (Å²) >= 11 is 0. The number of hydrogen-bond donors (Lipinski definition) is 0. The van der Waals surface area contributed by atoms with Crippen LogP contribution in [0, 0.1) is 23.6 Å². The number of rotatable bonds is 0. The Balaban J connectivity index is 2.15. The van der Waals surface area contributed by atoms with E-state index in [0.717, 1.165) is 16.8 Å². The van der Waals surface area contributed by atoms with Gasteiger partial charge in [-0.1, -0.05) is 6.07 Å². The molecule has 0 N–H and O–H groups in total. The third-order valence-corrected chi connectivity index (χ3v) is 2.90. The zero-order valence-corrected chi connectivity index (χ0v) is 10.8. The van der Waals surface area contributed by atoms with E-state index in [1.54, 1.807) is 7.05 Å². The fourth-order valence-corrected chi connectivity index (χ4v) is 1.81. The molecule has 21 heavy (non-hydrogen) atoms. The second kappa shape index (κ2) is 4.83. The van der Waals surface area contributed by atoms with Crippen LogP contribution in [-0.4, -0.2) is 19.3 Å². The van der Waals surface area contributed by atoms with Crippen LogP contribution < -0.4 is 5.56 Å². The first-order chi connectivity index (χ1) is 10.1. The van der Waals surface area contributed by atoms with Crippen molar-refractivity contribution in [3.8, 4) is 12.0 Å². The maximum absolute atomic E-state index is 13.5. The normalized spacial score (nSPS) is 10.4. The second-order valence-corrected chi connectivity index (χ2v) is 4.29. The molecule has 2 aromatic heterocycles. The molecular weight excluding hydrogens is 278 g/mol. The Morgan fingerprint density at radius 3 is 2.67 bits per heavy atom. The van der Waals surface area contributed by atoms with Gasteiger partial charge in [0.15, 0.2) is 5.65 Å². The first-order valence-electron chi connectivity index (χ1n) is 5.93. The molecule has 0 spiro atoms. The quantitative estimate of drug-likeness (QED) is 0.585. The van der Waals surface area contributed by atoms with Gasteiger partial charge in [-0.3, -0.25) is 4.79 Å². The van der Waals surface area contributed by atoms with Crippen molar-refractivity contribution in [3.63, 3.8) is 0 Å². The summed E-state index contributed by atoms with van der Waals surface area (Å²) in [6.07, 6.45) is 2.64. The van der Waals surface area contributed by atoms with Crippen LogP contribution in [0.1, 0.15) is 5.56 Å². The Morgan fingerprint density at radius 1 is 1.24 bits per heavy atom. The van der Waals surface area contributed by atoms with E-state index in [2.05, 4.69) is 22.0 Å². The van der Waals surface area contributed by atoms with E-state index in [-0.39, 0.29) is 22.2 Å². The fraction of sp³-hybridized carbons (Fsp3) is 0.0714. The summed E-state index contributed by atoms with van der Waals surface area (Å²) < 4.78 is 29.4. The molecule has 0 aliphatic carbocycles. The highest BCUT2D eigenvalue weighted by Gasteiger charge is 2.08. The van der Waals surface area contributed by atoms with Crippen LogP contribution in [0.15, 0.2) is 35.5 Å². The molecular formula is C14H8F2N4O. The van der Waals surface area contributed by atoms with Crippen molar-refractivity contribution in [2.75, 3.05) is 0 Å². The summed E-state index contributed by atoms with van der Waals surface area (Å²) in [7, 11) is 1.56. The van der Waals surface area contributed by atoms with Gasteiger partial charge in [0.2, 0.25) is 0 Å². The molecule has 0 atom stereocenters. The average molecular weight is 286 g/mol.